The topological polar surface area (TPSA) is 32.5 Å². The summed E-state index contributed by atoms with van der Waals surface area (Å²) in [5.74, 6) is 0. The van der Waals surface area contributed by atoms with Gasteiger partial charge in [-0.2, -0.15) is 0 Å². The second-order valence-electron chi connectivity index (χ2n) is 5.88. The number of benzene rings is 1. The highest BCUT2D eigenvalue weighted by atomic mass is 15.2. The molecule has 0 bridgehead atoms. The summed E-state index contributed by atoms with van der Waals surface area (Å²) in [6, 6.07) is 6.61. The minimum absolute atomic E-state index is 0.0994. The normalized spacial score (nSPS) is 22.2. The molecule has 18 heavy (non-hydrogen) atoms. The molecule has 0 unspecified atom stereocenters. The van der Waals surface area contributed by atoms with Gasteiger partial charge in [-0.1, -0.05) is 25.0 Å². The first-order valence-corrected chi connectivity index (χ1v) is 6.96. The number of nitrogens with two attached hydrogens (primary N) is 1. The van der Waals surface area contributed by atoms with Gasteiger partial charge in [0.05, 0.1) is 11.4 Å². The minimum Gasteiger partial charge on any atom is -0.371 e. The van der Waals surface area contributed by atoms with Crippen LogP contribution in [0.1, 0.15) is 31.2 Å². The number of nitrogens with zero attached hydrogens (tertiary/aromatic N) is 2. The predicted octanol–water partition coefficient (Wildman–Crippen LogP) is 2.30. The molecule has 0 aromatic heterocycles. The third-order valence-electron chi connectivity index (χ3n) is 4.61. The van der Waals surface area contributed by atoms with Gasteiger partial charge in [-0.3, -0.25) is 0 Å². The lowest BCUT2D eigenvalue weighted by Gasteiger charge is -2.39. The fourth-order valence-electron chi connectivity index (χ4n) is 3.45. The molecule has 0 atom stereocenters. The van der Waals surface area contributed by atoms with Crippen LogP contribution in [0.15, 0.2) is 18.2 Å². The van der Waals surface area contributed by atoms with Gasteiger partial charge in [0.15, 0.2) is 0 Å². The van der Waals surface area contributed by atoms with E-state index in [1.807, 2.05) is 0 Å². The molecule has 1 saturated carbocycles. The van der Waals surface area contributed by atoms with Crippen LogP contribution >= 0.6 is 0 Å². The van der Waals surface area contributed by atoms with Crippen LogP contribution in [0.2, 0.25) is 0 Å². The summed E-state index contributed by atoms with van der Waals surface area (Å²) in [6.07, 6.45) is 4.78. The highest BCUT2D eigenvalue weighted by Gasteiger charge is 2.35. The van der Waals surface area contributed by atoms with Crippen molar-refractivity contribution in [3.63, 3.8) is 0 Å². The monoisotopic (exact) mass is 245 g/mol. The van der Waals surface area contributed by atoms with E-state index in [-0.39, 0.29) is 5.54 Å². The van der Waals surface area contributed by atoms with E-state index >= 15 is 0 Å². The molecule has 0 radical (unpaired) electrons. The number of fused-ring (bicyclic) bond motifs is 1. The van der Waals surface area contributed by atoms with Crippen molar-refractivity contribution in [1.29, 1.82) is 0 Å². The van der Waals surface area contributed by atoms with E-state index in [0.29, 0.717) is 0 Å². The first-order chi connectivity index (χ1) is 8.62. The van der Waals surface area contributed by atoms with Crippen molar-refractivity contribution < 1.29 is 0 Å². The van der Waals surface area contributed by atoms with E-state index in [9.17, 15) is 0 Å². The van der Waals surface area contributed by atoms with Crippen LogP contribution < -0.4 is 15.5 Å². The number of para-hydroxylation sites is 1. The molecule has 0 saturated heterocycles. The van der Waals surface area contributed by atoms with E-state index in [2.05, 4.69) is 42.1 Å². The molecule has 0 amide bonds. The average molecular weight is 245 g/mol. The lowest BCUT2D eigenvalue weighted by atomic mass is 9.86. The SMILES string of the molecule is CN1CCN(C)c2c1cccc2C1(N)CCCC1. The molecule has 1 aliphatic heterocycles. The van der Waals surface area contributed by atoms with Crippen LogP contribution in [0.3, 0.4) is 0 Å². The third-order valence-corrected chi connectivity index (χ3v) is 4.61. The maximum absolute atomic E-state index is 6.67. The number of rotatable bonds is 1. The van der Waals surface area contributed by atoms with Gasteiger partial charge in [0.2, 0.25) is 0 Å². The molecular formula is C15H23N3. The Balaban J connectivity index is 2.13. The fraction of sp³-hybridized carbons (Fsp3) is 0.600. The Bertz CT molecular complexity index is 449. The molecule has 3 heteroatoms. The lowest BCUT2D eigenvalue weighted by molar-refractivity contribution is 0.461. The summed E-state index contributed by atoms with van der Waals surface area (Å²) in [5.41, 5.74) is 10.6. The van der Waals surface area contributed by atoms with Crippen molar-refractivity contribution in [2.45, 2.75) is 31.2 Å². The predicted molar refractivity (Wildman–Crippen MR) is 77.3 cm³/mol. The summed E-state index contributed by atoms with van der Waals surface area (Å²) in [4.78, 5) is 4.72. The van der Waals surface area contributed by atoms with Crippen LogP contribution in [0.5, 0.6) is 0 Å². The molecule has 3 nitrogen and oxygen atoms in total. The molecule has 98 valence electrons. The molecule has 3 rings (SSSR count). The number of hydrogen-bond acceptors (Lipinski definition) is 3. The molecule has 1 fully saturated rings. The highest BCUT2D eigenvalue weighted by Crippen LogP contribution is 2.45. The quantitative estimate of drug-likeness (QED) is 0.824. The Hall–Kier alpha value is -1.22. The van der Waals surface area contributed by atoms with Crippen molar-refractivity contribution in [2.75, 3.05) is 37.0 Å². The van der Waals surface area contributed by atoms with E-state index in [4.69, 9.17) is 5.73 Å². The van der Waals surface area contributed by atoms with Gasteiger partial charge >= 0.3 is 0 Å². The molecule has 1 aliphatic carbocycles. The molecule has 2 N–H and O–H groups in total. The van der Waals surface area contributed by atoms with Gasteiger partial charge in [-0.05, 0) is 24.5 Å². The Labute approximate surface area is 110 Å². The number of anilines is 2. The Morgan fingerprint density at radius 2 is 1.72 bits per heavy atom. The van der Waals surface area contributed by atoms with Crippen LogP contribution in [-0.4, -0.2) is 27.2 Å². The van der Waals surface area contributed by atoms with Crippen molar-refractivity contribution >= 4 is 11.4 Å². The molecule has 1 aromatic carbocycles. The zero-order chi connectivity index (χ0) is 12.8. The molecule has 1 aromatic rings. The summed E-state index contributed by atoms with van der Waals surface area (Å²) < 4.78 is 0. The molecule has 1 heterocycles. The Kier molecular flexibility index (Phi) is 2.74. The first kappa shape index (κ1) is 11.8. The molecular weight excluding hydrogens is 222 g/mol. The van der Waals surface area contributed by atoms with Gasteiger partial charge in [-0.25, -0.2) is 0 Å². The van der Waals surface area contributed by atoms with Crippen LogP contribution in [0.4, 0.5) is 11.4 Å². The highest BCUT2D eigenvalue weighted by molar-refractivity contribution is 5.77. The first-order valence-electron chi connectivity index (χ1n) is 6.96. The second kappa shape index (κ2) is 4.16. The zero-order valence-electron chi connectivity index (χ0n) is 11.4. The number of likely N-dealkylation sites (N-methyl/N-ethyl adjacent to an activating group) is 2. The molecule has 2 aliphatic rings. The summed E-state index contributed by atoms with van der Waals surface area (Å²) in [6.45, 7) is 2.17. The lowest BCUT2D eigenvalue weighted by Crippen LogP contribution is -2.41. The van der Waals surface area contributed by atoms with Crippen LogP contribution in [0, 0.1) is 0 Å². The summed E-state index contributed by atoms with van der Waals surface area (Å²) >= 11 is 0. The number of hydrogen-bond donors (Lipinski definition) is 1. The molecule has 0 spiro atoms. The summed E-state index contributed by atoms with van der Waals surface area (Å²) in [7, 11) is 4.36. The maximum Gasteiger partial charge on any atom is 0.0653 e. The van der Waals surface area contributed by atoms with Crippen molar-refractivity contribution in [3.05, 3.63) is 23.8 Å². The van der Waals surface area contributed by atoms with Gasteiger partial charge < -0.3 is 15.5 Å². The Morgan fingerprint density at radius 1 is 1.06 bits per heavy atom. The largest absolute Gasteiger partial charge is 0.371 e. The van der Waals surface area contributed by atoms with Gasteiger partial charge in [0.25, 0.3) is 0 Å². The zero-order valence-corrected chi connectivity index (χ0v) is 11.4. The van der Waals surface area contributed by atoms with E-state index in [0.717, 1.165) is 25.9 Å². The van der Waals surface area contributed by atoms with Crippen LogP contribution in [0.25, 0.3) is 0 Å². The maximum atomic E-state index is 6.67. The van der Waals surface area contributed by atoms with Crippen molar-refractivity contribution in [2.24, 2.45) is 5.73 Å². The Morgan fingerprint density at radius 3 is 2.44 bits per heavy atom. The van der Waals surface area contributed by atoms with E-state index < -0.39 is 0 Å². The van der Waals surface area contributed by atoms with Crippen LogP contribution in [-0.2, 0) is 5.54 Å². The fourth-order valence-corrected chi connectivity index (χ4v) is 3.45. The van der Waals surface area contributed by atoms with Gasteiger partial charge in [0.1, 0.15) is 0 Å². The standard InChI is InChI=1S/C15H23N3/c1-17-10-11-18(2)14-12(6-5-7-13(14)17)15(16)8-3-4-9-15/h5-7H,3-4,8-11,16H2,1-2H3. The van der Waals surface area contributed by atoms with E-state index in [1.165, 1.54) is 29.8 Å². The smallest absolute Gasteiger partial charge is 0.0653 e. The second-order valence-corrected chi connectivity index (χ2v) is 5.88. The van der Waals surface area contributed by atoms with Crippen molar-refractivity contribution in [1.82, 2.24) is 0 Å². The van der Waals surface area contributed by atoms with Crippen molar-refractivity contribution in [3.8, 4) is 0 Å². The third kappa shape index (κ3) is 1.69. The average Bonchev–Trinajstić information content (AvgIpc) is 2.82. The van der Waals surface area contributed by atoms with Gasteiger partial charge in [-0.15, -0.1) is 0 Å². The van der Waals surface area contributed by atoms with E-state index in [1.54, 1.807) is 0 Å². The summed E-state index contributed by atoms with van der Waals surface area (Å²) in [5, 5.41) is 0. The van der Waals surface area contributed by atoms with Gasteiger partial charge in [0, 0.05) is 32.7 Å². The minimum atomic E-state index is -0.0994.